The van der Waals surface area contributed by atoms with Crippen LogP contribution in [-0.4, -0.2) is 47.2 Å². The van der Waals surface area contributed by atoms with Gasteiger partial charge in [-0.25, -0.2) is 4.79 Å². The van der Waals surface area contributed by atoms with Crippen LogP contribution in [0.25, 0.3) is 0 Å². The predicted octanol–water partition coefficient (Wildman–Crippen LogP) is 0.139. The fourth-order valence-electron chi connectivity index (χ4n) is 1.88. The molecule has 9 nitrogen and oxygen atoms in total. The molecule has 1 saturated heterocycles. The number of hydrogen-bond acceptors (Lipinski definition) is 7. The number of nitrogens with zero attached hydrogens (tertiary/aromatic N) is 1. The minimum Gasteiger partial charge on any atom is -0.772 e. The maximum atomic E-state index is 12.0. The highest BCUT2D eigenvalue weighted by Crippen LogP contribution is 2.19. The zero-order chi connectivity index (χ0) is 17.9. The molecule has 24 heavy (non-hydrogen) atoms. The van der Waals surface area contributed by atoms with Gasteiger partial charge in [-0.15, -0.1) is 5.06 Å². The largest absolute Gasteiger partial charge is 0.772 e. The number of benzene rings is 1. The van der Waals surface area contributed by atoms with Crippen LogP contribution in [0.3, 0.4) is 0 Å². The second kappa shape index (κ2) is 7.81. The van der Waals surface area contributed by atoms with Gasteiger partial charge in [-0.1, -0.05) is 28.7 Å². The molecular weight excluding hydrogens is 455 g/mol. The van der Waals surface area contributed by atoms with Gasteiger partial charge in [0.15, 0.2) is 0 Å². The molecule has 0 saturated carbocycles. The Labute approximate surface area is 152 Å². The third kappa shape index (κ3) is 4.15. The van der Waals surface area contributed by atoms with Crippen molar-refractivity contribution in [3.05, 3.63) is 29.8 Å². The first kappa shape index (κ1) is 18.5. The molecule has 11 heteroatoms. The van der Waals surface area contributed by atoms with E-state index in [2.05, 4.69) is 5.32 Å². The molecule has 1 aromatic rings. The van der Waals surface area contributed by atoms with Gasteiger partial charge in [-0.05, 0) is 29.3 Å². The van der Waals surface area contributed by atoms with Crippen molar-refractivity contribution < 1.29 is 32.8 Å². The van der Waals surface area contributed by atoms with Crippen LogP contribution in [0.1, 0.15) is 16.8 Å². The molecule has 2 rings (SSSR count). The standard InChI is InChI=1S/C13H11IN2O7S/c14-6-10(17)15-8-3-1-2-7(4-8)13(20)23-16-11(18)5-9(12(16)19)24(21)22/h1-4,9H,5-6H2,(H,15,17)(H,21,22)/p-1. The number of rotatable bonds is 5. The summed E-state index contributed by atoms with van der Waals surface area (Å²) in [6, 6.07) is 5.68. The molecule has 0 spiro atoms. The highest BCUT2D eigenvalue weighted by molar-refractivity contribution is 14.1. The summed E-state index contributed by atoms with van der Waals surface area (Å²) >= 11 is -0.914. The first-order chi connectivity index (χ1) is 11.3. The van der Waals surface area contributed by atoms with E-state index in [9.17, 15) is 27.9 Å². The highest BCUT2D eigenvalue weighted by atomic mass is 127. The molecule has 0 aliphatic carbocycles. The SMILES string of the molecule is O=C(CI)Nc1cccc(C(=O)ON2C(=O)CC(S(=O)[O-])C2=O)c1. The average molecular weight is 465 g/mol. The number of halogens is 1. The molecule has 1 aromatic carbocycles. The van der Waals surface area contributed by atoms with Gasteiger partial charge in [0.25, 0.3) is 11.8 Å². The lowest BCUT2D eigenvalue weighted by Gasteiger charge is -2.15. The Morgan fingerprint density at radius 3 is 2.71 bits per heavy atom. The van der Waals surface area contributed by atoms with Gasteiger partial charge in [0.2, 0.25) is 5.91 Å². The van der Waals surface area contributed by atoms with E-state index in [4.69, 9.17) is 4.84 Å². The number of carbonyl (C=O) groups excluding carboxylic acids is 4. The number of anilines is 1. The van der Waals surface area contributed by atoms with Crippen LogP contribution in [0.2, 0.25) is 0 Å². The number of nitrogens with one attached hydrogen (secondary N) is 1. The summed E-state index contributed by atoms with van der Waals surface area (Å²) in [5.41, 5.74) is 0.317. The fraction of sp³-hybridized carbons (Fsp3) is 0.231. The Bertz CT molecular complexity index is 739. The molecule has 0 radical (unpaired) electrons. The van der Waals surface area contributed by atoms with E-state index in [1.54, 1.807) is 6.07 Å². The number of imide groups is 1. The molecular formula is C13H10IN2O7S-. The van der Waals surface area contributed by atoms with Crippen LogP contribution >= 0.6 is 22.6 Å². The minimum atomic E-state index is -2.78. The summed E-state index contributed by atoms with van der Waals surface area (Å²) in [5.74, 6) is -3.33. The molecule has 2 atom stereocenters. The average Bonchev–Trinajstić information content (AvgIpc) is 2.83. The summed E-state index contributed by atoms with van der Waals surface area (Å²) in [6.07, 6.45) is -0.575. The van der Waals surface area contributed by atoms with E-state index in [1.165, 1.54) is 18.2 Å². The monoisotopic (exact) mass is 465 g/mol. The maximum Gasteiger partial charge on any atom is 0.363 e. The second-order valence-electron chi connectivity index (χ2n) is 4.62. The van der Waals surface area contributed by atoms with Gasteiger partial charge in [-0.3, -0.25) is 18.6 Å². The molecule has 1 aliphatic heterocycles. The maximum absolute atomic E-state index is 12.0. The first-order valence-corrected chi connectivity index (χ1v) is 9.13. The molecule has 128 valence electrons. The van der Waals surface area contributed by atoms with E-state index in [-0.39, 0.29) is 21.0 Å². The lowest BCUT2D eigenvalue weighted by molar-refractivity contribution is -0.172. The molecule has 1 N–H and O–H groups in total. The summed E-state index contributed by atoms with van der Waals surface area (Å²) < 4.78 is 21.9. The minimum absolute atomic E-state index is 0.0199. The third-order valence-electron chi connectivity index (χ3n) is 2.97. The molecule has 1 fully saturated rings. The van der Waals surface area contributed by atoms with Crippen LogP contribution in [-0.2, 0) is 30.3 Å². The van der Waals surface area contributed by atoms with E-state index in [0.717, 1.165) is 0 Å². The normalized spacial score (nSPS) is 18.4. The summed E-state index contributed by atoms with van der Waals surface area (Å²) in [5, 5.41) is 1.13. The second-order valence-corrected chi connectivity index (χ2v) is 6.47. The number of hydrogen-bond donors (Lipinski definition) is 1. The molecule has 3 amide bonds. The quantitative estimate of drug-likeness (QED) is 0.283. The number of hydroxylamine groups is 2. The van der Waals surface area contributed by atoms with Gasteiger partial charge >= 0.3 is 5.97 Å². The van der Waals surface area contributed by atoms with E-state index in [1.807, 2.05) is 22.6 Å². The number of carbonyl (C=O) groups is 4. The lowest BCUT2D eigenvalue weighted by atomic mass is 10.2. The Hall–Kier alpha value is -1.86. The molecule has 0 aromatic heterocycles. The van der Waals surface area contributed by atoms with E-state index < -0.39 is 40.5 Å². The Morgan fingerprint density at radius 1 is 1.42 bits per heavy atom. The van der Waals surface area contributed by atoms with Gasteiger partial charge < -0.3 is 14.7 Å². The predicted molar refractivity (Wildman–Crippen MR) is 88.6 cm³/mol. The van der Waals surface area contributed by atoms with E-state index >= 15 is 0 Å². The zero-order valence-electron chi connectivity index (χ0n) is 11.9. The van der Waals surface area contributed by atoms with Gasteiger partial charge in [-0.2, -0.15) is 0 Å². The van der Waals surface area contributed by atoms with Crippen molar-refractivity contribution in [1.82, 2.24) is 5.06 Å². The van der Waals surface area contributed by atoms with Crippen molar-refractivity contribution >= 4 is 63.0 Å². The number of alkyl halides is 1. The van der Waals surface area contributed by atoms with Crippen molar-refractivity contribution in [2.45, 2.75) is 11.7 Å². The Kier molecular flexibility index (Phi) is 6.01. The van der Waals surface area contributed by atoms with Crippen LogP contribution in [0.4, 0.5) is 5.69 Å². The summed E-state index contributed by atoms with van der Waals surface area (Å²) in [4.78, 5) is 51.4. The van der Waals surface area contributed by atoms with Crippen molar-refractivity contribution in [1.29, 1.82) is 0 Å². The number of amides is 3. The van der Waals surface area contributed by atoms with Gasteiger partial charge in [0, 0.05) is 5.69 Å². The first-order valence-electron chi connectivity index (χ1n) is 6.46. The summed E-state index contributed by atoms with van der Waals surface area (Å²) in [7, 11) is 0. The van der Waals surface area contributed by atoms with Crippen molar-refractivity contribution in [3.8, 4) is 0 Å². The third-order valence-corrected chi connectivity index (χ3v) is 4.50. The fourth-order valence-corrected chi connectivity index (χ4v) is 2.61. The Morgan fingerprint density at radius 2 is 2.12 bits per heavy atom. The van der Waals surface area contributed by atoms with Crippen LogP contribution in [0, 0.1) is 0 Å². The van der Waals surface area contributed by atoms with Crippen molar-refractivity contribution in [3.63, 3.8) is 0 Å². The van der Waals surface area contributed by atoms with Crippen molar-refractivity contribution in [2.24, 2.45) is 0 Å². The summed E-state index contributed by atoms with van der Waals surface area (Å²) in [6.45, 7) is 0. The van der Waals surface area contributed by atoms with Crippen LogP contribution in [0.5, 0.6) is 0 Å². The molecule has 1 aliphatic rings. The smallest absolute Gasteiger partial charge is 0.363 e. The van der Waals surface area contributed by atoms with Gasteiger partial charge in [0.1, 0.15) is 5.25 Å². The highest BCUT2D eigenvalue weighted by Gasteiger charge is 2.42. The molecule has 0 bridgehead atoms. The zero-order valence-corrected chi connectivity index (χ0v) is 14.9. The van der Waals surface area contributed by atoms with Crippen molar-refractivity contribution in [2.75, 3.05) is 9.74 Å². The lowest BCUT2D eigenvalue weighted by Crippen LogP contribution is -2.35. The van der Waals surface area contributed by atoms with Crippen LogP contribution < -0.4 is 5.32 Å². The van der Waals surface area contributed by atoms with E-state index in [0.29, 0.717) is 5.69 Å². The topological polar surface area (TPSA) is 133 Å². The Balaban J connectivity index is 2.11. The van der Waals surface area contributed by atoms with Crippen LogP contribution in [0.15, 0.2) is 24.3 Å². The molecule has 1 heterocycles. The van der Waals surface area contributed by atoms with Gasteiger partial charge in [0.05, 0.1) is 16.4 Å². The molecule has 2 unspecified atom stereocenters.